The summed E-state index contributed by atoms with van der Waals surface area (Å²) in [6.07, 6.45) is 65.7. The predicted octanol–water partition coefficient (Wildman–Crippen LogP) is 18.5. The summed E-state index contributed by atoms with van der Waals surface area (Å²) in [5, 5.41) is 9.81. The van der Waals surface area contributed by atoms with Crippen LogP contribution in [0.3, 0.4) is 0 Å². The van der Waals surface area contributed by atoms with Crippen molar-refractivity contribution in [3.63, 3.8) is 0 Å². The molecule has 440 valence electrons. The molecule has 3 unspecified atom stereocenters. The third-order valence-corrected chi connectivity index (χ3v) is 14.1. The van der Waals surface area contributed by atoms with Gasteiger partial charge in [-0.25, -0.2) is 4.57 Å². The normalized spacial score (nSPS) is 13.8. The number of phosphoric ester groups is 1. The summed E-state index contributed by atoms with van der Waals surface area (Å²) in [6.45, 7) is 4.51. The smallest absolute Gasteiger partial charge is 0.462 e. The molecule has 0 spiro atoms. The molecule has 0 fully saturated rings. The molecule has 0 amide bonds. The zero-order valence-electron chi connectivity index (χ0n) is 48.7. The topological polar surface area (TPSA) is 155 Å². The number of allylic oxidation sites excluding steroid dienone is 12. The molecule has 0 aliphatic heterocycles. The van der Waals surface area contributed by atoms with Gasteiger partial charge in [0.1, 0.15) is 12.7 Å². The van der Waals surface area contributed by atoms with E-state index in [0.717, 1.165) is 116 Å². The minimum atomic E-state index is -4.75. The molecule has 0 rings (SSSR count). The van der Waals surface area contributed by atoms with Gasteiger partial charge in [-0.3, -0.25) is 23.4 Å². The van der Waals surface area contributed by atoms with Crippen molar-refractivity contribution < 1.29 is 52.2 Å². The monoisotopic (exact) mass is 1090 g/mol. The number of unbranched alkanes of at least 4 members (excludes halogenated alkanes) is 28. The highest BCUT2D eigenvalue weighted by molar-refractivity contribution is 7.47. The Labute approximate surface area is 465 Å². The number of carbonyl (C=O) groups excluding carboxylic acids is 3. The summed E-state index contributed by atoms with van der Waals surface area (Å²) >= 11 is 0. The third kappa shape index (κ3) is 55.7. The van der Waals surface area contributed by atoms with Gasteiger partial charge in [0.2, 0.25) is 0 Å². The highest BCUT2D eigenvalue weighted by Gasteiger charge is 2.28. The van der Waals surface area contributed by atoms with Gasteiger partial charge in [-0.2, -0.15) is 0 Å². The van der Waals surface area contributed by atoms with Gasteiger partial charge in [0.15, 0.2) is 6.10 Å². The number of rotatable bonds is 57. The van der Waals surface area contributed by atoms with E-state index in [9.17, 15) is 28.9 Å². The van der Waals surface area contributed by atoms with Crippen LogP contribution in [-0.2, 0) is 42.2 Å². The van der Waals surface area contributed by atoms with Gasteiger partial charge in [-0.05, 0) is 89.9 Å². The van der Waals surface area contributed by atoms with Crippen LogP contribution in [0, 0.1) is 0 Å². The largest absolute Gasteiger partial charge is 0.472 e. The third-order valence-electron chi connectivity index (χ3n) is 13.1. The van der Waals surface area contributed by atoms with Crippen LogP contribution in [0.25, 0.3) is 0 Å². The summed E-state index contributed by atoms with van der Waals surface area (Å²) in [4.78, 5) is 48.6. The number of ether oxygens (including phenoxy) is 3. The van der Waals surface area contributed by atoms with Gasteiger partial charge in [0.05, 0.1) is 19.8 Å². The molecule has 3 atom stereocenters. The highest BCUT2D eigenvalue weighted by atomic mass is 31.2. The fourth-order valence-corrected chi connectivity index (χ4v) is 9.22. The molecular formula is C64H113O11P. The average Bonchev–Trinajstić information content (AvgIpc) is 3.41. The number of hydrogen-bond donors (Lipinski definition) is 2. The van der Waals surface area contributed by atoms with Crippen LogP contribution >= 0.6 is 7.82 Å². The maximum atomic E-state index is 12.9. The molecule has 76 heavy (non-hydrogen) atoms. The number of aliphatic hydroxyl groups is 1. The second-order valence-corrected chi connectivity index (χ2v) is 21.9. The number of esters is 3. The van der Waals surface area contributed by atoms with E-state index in [1.165, 1.54) is 103 Å². The minimum Gasteiger partial charge on any atom is -0.462 e. The molecule has 0 heterocycles. The van der Waals surface area contributed by atoms with Crippen molar-refractivity contribution >= 4 is 25.7 Å². The molecule has 0 aromatic carbocycles. The summed E-state index contributed by atoms with van der Waals surface area (Å²) in [5.41, 5.74) is 0. The van der Waals surface area contributed by atoms with E-state index in [1.54, 1.807) is 0 Å². The molecule has 0 aromatic heterocycles. The molecule has 0 bridgehead atoms. The SMILES string of the molecule is CC/C=C\C/C=C\C/C=C\C/C=C\CCCCCCCCC(=O)OC(COC(=O)CCCCCCCCCCC/C=C\C/C=C\CCCCC)COP(=O)(O)OCC(CO)OC(=O)CCCCCCCCCCCCC. The average molecular weight is 1090 g/mol. The second-order valence-electron chi connectivity index (χ2n) is 20.5. The molecule has 0 aromatic rings. The Balaban J connectivity index is 4.73. The molecule has 0 saturated heterocycles. The van der Waals surface area contributed by atoms with E-state index in [0.29, 0.717) is 19.3 Å². The first kappa shape index (κ1) is 72.9. The molecule has 12 heteroatoms. The van der Waals surface area contributed by atoms with Crippen LogP contribution in [0.1, 0.15) is 278 Å². The summed E-state index contributed by atoms with van der Waals surface area (Å²) < 4.78 is 39.6. The fourth-order valence-electron chi connectivity index (χ4n) is 8.44. The van der Waals surface area contributed by atoms with Gasteiger partial charge >= 0.3 is 25.7 Å². The second kappa shape index (κ2) is 58.1. The first-order valence-electron chi connectivity index (χ1n) is 30.8. The Bertz CT molecular complexity index is 1550. The van der Waals surface area contributed by atoms with Gasteiger partial charge in [0.25, 0.3) is 0 Å². The molecule has 0 radical (unpaired) electrons. The summed E-state index contributed by atoms with van der Waals surface area (Å²) in [5.74, 6) is -1.48. The summed E-state index contributed by atoms with van der Waals surface area (Å²) in [6, 6.07) is 0. The molecule has 0 aliphatic rings. The van der Waals surface area contributed by atoms with Gasteiger partial charge < -0.3 is 24.2 Å². The quantitative estimate of drug-likeness (QED) is 0.0197. The van der Waals surface area contributed by atoms with Crippen LogP contribution in [0.4, 0.5) is 0 Å². The number of phosphoric acid groups is 1. The van der Waals surface area contributed by atoms with E-state index in [4.69, 9.17) is 23.3 Å². The van der Waals surface area contributed by atoms with Gasteiger partial charge in [-0.1, -0.05) is 241 Å². The zero-order chi connectivity index (χ0) is 55.5. The Morgan fingerprint density at radius 3 is 1.08 bits per heavy atom. The maximum Gasteiger partial charge on any atom is 0.472 e. The van der Waals surface area contributed by atoms with Crippen LogP contribution in [-0.4, -0.2) is 66.5 Å². The standard InChI is InChI=1S/C64H113O11P/c1-4-7-10-13-16-19-22-24-26-28-30-32-34-36-39-41-44-47-50-53-62(66)71-57-61(75-64(68)55-52-49-46-43-40-37-35-33-31-29-27-25-23-20-17-14-11-8-5-2)59-73-76(69,70)72-58-60(56-65)74-63(67)54-51-48-45-42-38-21-18-15-12-9-6-3/h8,11,16-17,19-20,24-27,31,33,60-61,65H,4-7,9-10,12-15,18,21-23,28-30,32,34-59H2,1-3H3,(H,69,70)/b11-8-,19-16-,20-17-,26-24-,27-25-,33-31-. The number of carbonyl (C=O) groups is 3. The number of aliphatic hydroxyl groups excluding tert-OH is 1. The molecule has 2 N–H and O–H groups in total. The van der Waals surface area contributed by atoms with Crippen LogP contribution in [0.5, 0.6) is 0 Å². The van der Waals surface area contributed by atoms with Crippen LogP contribution in [0.15, 0.2) is 72.9 Å². The minimum absolute atomic E-state index is 0.150. The van der Waals surface area contributed by atoms with Crippen molar-refractivity contribution in [3.8, 4) is 0 Å². The summed E-state index contributed by atoms with van der Waals surface area (Å²) in [7, 11) is -4.75. The Hall–Kier alpha value is -3.08. The van der Waals surface area contributed by atoms with Crippen molar-refractivity contribution in [2.45, 2.75) is 290 Å². The molecule has 0 aliphatic carbocycles. The van der Waals surface area contributed by atoms with E-state index in [-0.39, 0.29) is 25.9 Å². The lowest BCUT2D eigenvalue weighted by molar-refractivity contribution is -0.161. The fraction of sp³-hybridized carbons (Fsp3) is 0.766. The number of hydrogen-bond acceptors (Lipinski definition) is 10. The lowest BCUT2D eigenvalue weighted by atomic mass is 10.1. The van der Waals surface area contributed by atoms with E-state index >= 15 is 0 Å². The Kier molecular flexibility index (Phi) is 55.7. The Morgan fingerprint density at radius 1 is 0.382 bits per heavy atom. The van der Waals surface area contributed by atoms with Crippen molar-refractivity contribution in [3.05, 3.63) is 72.9 Å². The van der Waals surface area contributed by atoms with Crippen molar-refractivity contribution in [2.75, 3.05) is 26.4 Å². The van der Waals surface area contributed by atoms with Crippen molar-refractivity contribution in [2.24, 2.45) is 0 Å². The molecular weight excluding hydrogens is 976 g/mol. The van der Waals surface area contributed by atoms with E-state index in [1.807, 2.05) is 0 Å². The van der Waals surface area contributed by atoms with Crippen molar-refractivity contribution in [1.29, 1.82) is 0 Å². The first-order chi connectivity index (χ1) is 37.2. The van der Waals surface area contributed by atoms with Crippen LogP contribution < -0.4 is 0 Å². The van der Waals surface area contributed by atoms with E-state index < -0.39 is 57.8 Å². The molecule has 0 saturated carbocycles. The van der Waals surface area contributed by atoms with E-state index in [2.05, 4.69) is 93.7 Å². The lowest BCUT2D eigenvalue weighted by Gasteiger charge is -2.21. The lowest BCUT2D eigenvalue weighted by Crippen LogP contribution is -2.30. The zero-order valence-corrected chi connectivity index (χ0v) is 49.6. The predicted molar refractivity (Wildman–Crippen MR) is 316 cm³/mol. The van der Waals surface area contributed by atoms with Gasteiger partial charge in [-0.15, -0.1) is 0 Å². The van der Waals surface area contributed by atoms with Crippen LogP contribution in [0.2, 0.25) is 0 Å². The van der Waals surface area contributed by atoms with Gasteiger partial charge in [0, 0.05) is 19.3 Å². The highest BCUT2D eigenvalue weighted by Crippen LogP contribution is 2.43. The molecule has 11 nitrogen and oxygen atoms in total. The van der Waals surface area contributed by atoms with Crippen molar-refractivity contribution in [1.82, 2.24) is 0 Å². The Morgan fingerprint density at radius 2 is 0.684 bits per heavy atom. The maximum absolute atomic E-state index is 12.9. The first-order valence-corrected chi connectivity index (χ1v) is 32.3.